The lowest BCUT2D eigenvalue weighted by Gasteiger charge is -2.14. The van der Waals surface area contributed by atoms with Crippen molar-refractivity contribution in [3.63, 3.8) is 0 Å². The van der Waals surface area contributed by atoms with E-state index >= 15 is 0 Å². The molecule has 0 fully saturated rings. The number of allylic oxidation sites excluding steroid dienone is 2. The Morgan fingerprint density at radius 3 is 1.93 bits per heavy atom. The number of hydrogen-bond donors (Lipinski definition) is 0. The van der Waals surface area contributed by atoms with Crippen LogP contribution in [0, 0.1) is 0 Å². The molecule has 0 amide bonds. The number of aromatic nitrogens is 9. The SMILES string of the molecule is C1=CC=Cc2c(c3cccnc3n2-c2cc(-n3c4cccnc4c4ncccc43)nc(-n3c4ccccc4c4cccnc43)n2)C=1. The van der Waals surface area contributed by atoms with Crippen LogP contribution < -0.4 is 0 Å². The molecule has 10 rings (SSSR count). The van der Waals surface area contributed by atoms with Gasteiger partial charge in [-0.25, -0.2) is 9.97 Å². The number of pyridine rings is 4. The molecule has 0 N–H and O–H groups in total. The van der Waals surface area contributed by atoms with Crippen molar-refractivity contribution in [2.45, 2.75) is 0 Å². The van der Waals surface area contributed by atoms with Crippen molar-refractivity contribution >= 4 is 67.2 Å². The van der Waals surface area contributed by atoms with Crippen LogP contribution in [0.3, 0.4) is 0 Å². The summed E-state index contributed by atoms with van der Waals surface area (Å²) in [5.41, 5.74) is 11.2. The lowest BCUT2D eigenvalue weighted by Crippen LogP contribution is -2.11. The van der Waals surface area contributed by atoms with Crippen molar-refractivity contribution in [3.05, 3.63) is 133 Å². The zero-order valence-corrected chi connectivity index (χ0v) is 24.1. The monoisotopic (exact) mass is 591 g/mol. The second-order valence-corrected chi connectivity index (χ2v) is 11.0. The standard InChI is InChI=1S/C37H21N9/c1-2-10-23-25-12-6-20-40-35(25)45(27(23)14-3-1)32-22-31(44-29-16-8-18-38-33(29)34-30(44)17-9-19-39-34)42-37(43-32)46-28-15-5-4-11-24(28)26-13-7-21-41-36(26)46/h1,3-22H. The average molecular weight is 592 g/mol. The minimum Gasteiger partial charge on any atom is -0.290 e. The molecule has 1 aliphatic carbocycles. The molecule has 9 nitrogen and oxygen atoms in total. The van der Waals surface area contributed by atoms with E-state index in [0.29, 0.717) is 17.6 Å². The molecule has 0 radical (unpaired) electrons. The van der Waals surface area contributed by atoms with Gasteiger partial charge in [0.25, 0.3) is 0 Å². The van der Waals surface area contributed by atoms with Gasteiger partial charge in [0.05, 0.1) is 22.2 Å². The van der Waals surface area contributed by atoms with Crippen LogP contribution >= 0.6 is 0 Å². The van der Waals surface area contributed by atoms with Crippen LogP contribution in [0.5, 0.6) is 0 Å². The van der Waals surface area contributed by atoms with Gasteiger partial charge in [-0.2, -0.15) is 9.97 Å². The number of nitrogens with zero attached hydrogens (tertiary/aromatic N) is 9. The predicted octanol–water partition coefficient (Wildman–Crippen LogP) is 7.39. The van der Waals surface area contributed by atoms with Crippen LogP contribution in [0.4, 0.5) is 0 Å². The predicted molar refractivity (Wildman–Crippen MR) is 180 cm³/mol. The highest BCUT2D eigenvalue weighted by atomic mass is 15.3. The normalized spacial score (nSPS) is 12.6. The summed E-state index contributed by atoms with van der Waals surface area (Å²) in [6.45, 7) is 0. The molecule has 0 unspecified atom stereocenters. The van der Waals surface area contributed by atoms with Gasteiger partial charge >= 0.3 is 0 Å². The molecule has 0 aliphatic heterocycles. The van der Waals surface area contributed by atoms with Crippen LogP contribution in [0.25, 0.3) is 84.8 Å². The lowest BCUT2D eigenvalue weighted by atomic mass is 10.1. The van der Waals surface area contributed by atoms with Crippen LogP contribution in [0.15, 0.2) is 122 Å². The molecule has 0 spiro atoms. The fourth-order valence-corrected chi connectivity index (χ4v) is 6.67. The van der Waals surface area contributed by atoms with Gasteiger partial charge in [-0.15, -0.1) is 5.73 Å². The zero-order chi connectivity index (χ0) is 30.2. The summed E-state index contributed by atoms with van der Waals surface area (Å²) in [4.78, 5) is 29.7. The van der Waals surface area contributed by atoms with Gasteiger partial charge < -0.3 is 0 Å². The third-order valence-electron chi connectivity index (χ3n) is 8.54. The number of rotatable bonds is 3. The minimum absolute atomic E-state index is 0.484. The number of fused-ring (bicyclic) bond motifs is 9. The van der Waals surface area contributed by atoms with Crippen LogP contribution in [-0.4, -0.2) is 43.6 Å². The van der Waals surface area contributed by atoms with E-state index in [1.165, 1.54) is 0 Å². The Balaban J connectivity index is 1.37. The summed E-state index contributed by atoms with van der Waals surface area (Å²) < 4.78 is 6.24. The first-order valence-corrected chi connectivity index (χ1v) is 14.9. The van der Waals surface area contributed by atoms with Gasteiger partial charge in [0.1, 0.15) is 34.0 Å². The first-order valence-electron chi connectivity index (χ1n) is 14.9. The van der Waals surface area contributed by atoms with E-state index in [2.05, 4.69) is 45.2 Å². The third kappa shape index (κ3) is 3.40. The Morgan fingerprint density at radius 1 is 0.543 bits per heavy atom. The first kappa shape index (κ1) is 24.7. The maximum Gasteiger partial charge on any atom is 0.239 e. The van der Waals surface area contributed by atoms with Gasteiger partial charge in [-0.05, 0) is 72.8 Å². The molecule has 0 bridgehead atoms. The van der Waals surface area contributed by atoms with Crippen LogP contribution in [-0.2, 0) is 0 Å². The molecule has 1 aromatic carbocycles. The summed E-state index contributed by atoms with van der Waals surface area (Å²) >= 11 is 0. The molecular weight excluding hydrogens is 570 g/mol. The Hall–Kier alpha value is -6.70. The van der Waals surface area contributed by atoms with Gasteiger partial charge in [0, 0.05) is 52.6 Å². The maximum atomic E-state index is 5.29. The average Bonchev–Trinajstić information content (AvgIpc) is 3.66. The van der Waals surface area contributed by atoms with Gasteiger partial charge in [-0.1, -0.05) is 24.3 Å². The fourth-order valence-electron chi connectivity index (χ4n) is 6.67. The van der Waals surface area contributed by atoms with E-state index in [1.807, 2.05) is 83.6 Å². The van der Waals surface area contributed by atoms with Crippen molar-refractivity contribution in [1.82, 2.24) is 43.6 Å². The fraction of sp³-hybridized carbons (Fsp3) is 0. The highest BCUT2D eigenvalue weighted by Gasteiger charge is 2.23. The molecule has 9 heteroatoms. The molecule has 0 saturated heterocycles. The van der Waals surface area contributed by atoms with Crippen molar-refractivity contribution in [1.29, 1.82) is 0 Å². The largest absolute Gasteiger partial charge is 0.290 e. The molecular formula is C37H21N9. The summed E-state index contributed by atoms with van der Waals surface area (Å²) in [5.74, 6) is 1.81. The Morgan fingerprint density at radius 2 is 1.15 bits per heavy atom. The molecule has 214 valence electrons. The van der Waals surface area contributed by atoms with Crippen molar-refractivity contribution in [3.8, 4) is 17.6 Å². The summed E-state index contributed by atoms with van der Waals surface area (Å²) in [6.07, 6.45) is 15.2. The lowest BCUT2D eigenvalue weighted by molar-refractivity contribution is 0.898. The number of benzene rings is 1. The Kier molecular flexibility index (Phi) is 5.05. The van der Waals surface area contributed by atoms with Crippen LogP contribution in [0.2, 0.25) is 0 Å². The Labute approximate surface area is 260 Å². The molecule has 0 atom stereocenters. The molecule has 46 heavy (non-hydrogen) atoms. The molecule has 8 heterocycles. The molecule has 9 aromatic rings. The quantitative estimate of drug-likeness (QED) is 0.199. The first-order chi connectivity index (χ1) is 22.8. The number of para-hydroxylation sites is 1. The second kappa shape index (κ2) is 9.40. The topological polar surface area (TPSA) is 92.1 Å². The van der Waals surface area contributed by atoms with E-state index in [4.69, 9.17) is 29.9 Å². The summed E-state index contributed by atoms with van der Waals surface area (Å²) in [5, 5.41) is 3.11. The van der Waals surface area contributed by atoms with E-state index < -0.39 is 0 Å². The molecule has 8 aromatic heterocycles. The smallest absolute Gasteiger partial charge is 0.239 e. The highest BCUT2D eigenvalue weighted by Crippen LogP contribution is 2.35. The van der Waals surface area contributed by atoms with Gasteiger partial charge in [0.2, 0.25) is 5.95 Å². The van der Waals surface area contributed by atoms with Gasteiger partial charge in [0.15, 0.2) is 0 Å². The second-order valence-electron chi connectivity index (χ2n) is 11.0. The molecule has 0 saturated carbocycles. The summed E-state index contributed by atoms with van der Waals surface area (Å²) in [6, 6.07) is 26.3. The number of hydrogen-bond acceptors (Lipinski definition) is 6. The third-order valence-corrected chi connectivity index (χ3v) is 8.54. The zero-order valence-electron chi connectivity index (χ0n) is 24.1. The van der Waals surface area contributed by atoms with Crippen LogP contribution in [0.1, 0.15) is 11.3 Å². The van der Waals surface area contributed by atoms with Crippen molar-refractivity contribution in [2.75, 3.05) is 0 Å². The van der Waals surface area contributed by atoms with E-state index in [0.717, 1.165) is 66.3 Å². The minimum atomic E-state index is 0.484. The highest BCUT2D eigenvalue weighted by molar-refractivity contribution is 6.08. The van der Waals surface area contributed by atoms with Crippen molar-refractivity contribution < 1.29 is 0 Å². The molecule has 1 aliphatic rings. The van der Waals surface area contributed by atoms with Crippen molar-refractivity contribution in [2.24, 2.45) is 0 Å². The summed E-state index contributed by atoms with van der Waals surface area (Å²) in [7, 11) is 0. The Bertz CT molecular complexity index is 2570. The van der Waals surface area contributed by atoms with E-state index in [9.17, 15) is 0 Å². The van der Waals surface area contributed by atoms with E-state index in [1.54, 1.807) is 18.6 Å². The van der Waals surface area contributed by atoms with E-state index in [-0.39, 0.29) is 0 Å². The maximum absolute atomic E-state index is 5.29. The van der Waals surface area contributed by atoms with Gasteiger partial charge in [-0.3, -0.25) is 23.7 Å².